The molecule has 0 aliphatic heterocycles. The summed E-state index contributed by atoms with van der Waals surface area (Å²) in [6.45, 7) is 5.51. The van der Waals surface area contributed by atoms with E-state index in [1.807, 2.05) is 21.1 Å². The van der Waals surface area contributed by atoms with Gasteiger partial charge in [0.2, 0.25) is 0 Å². The standard InChI is InChI=1S/C57H104NO7P/c1-6-8-10-12-14-16-18-20-22-24-26-27-28-29-30-31-32-34-36-38-40-42-44-46-48-50-57(59)65-56(55-64-66(60,61)63-53-51-58(3,4)5)54-62-52-49-47-45-43-41-39-37-35-33-25-23-21-19-17-15-13-11-9-7-2/h8,10,14,16,20,22-23,25-27,29-30,56H,6-7,9,11-13,15,17-19,21,24,28,31-55H2,1-5H3/p+1/b10-8-,16-14-,22-20-,25-23-,27-26-,30-29-. The molecule has 0 aromatic carbocycles. The van der Waals surface area contributed by atoms with Gasteiger partial charge in [0.25, 0.3) is 0 Å². The molecule has 0 rings (SSSR count). The Hall–Kier alpha value is -2.06. The lowest BCUT2D eigenvalue weighted by atomic mass is 10.1. The van der Waals surface area contributed by atoms with E-state index in [-0.39, 0.29) is 25.8 Å². The van der Waals surface area contributed by atoms with Crippen molar-refractivity contribution in [1.29, 1.82) is 0 Å². The first-order valence-corrected chi connectivity index (χ1v) is 28.7. The van der Waals surface area contributed by atoms with Crippen LogP contribution in [-0.2, 0) is 27.9 Å². The lowest BCUT2D eigenvalue weighted by Crippen LogP contribution is -2.37. The highest BCUT2D eigenvalue weighted by Crippen LogP contribution is 2.43. The van der Waals surface area contributed by atoms with Crippen LogP contribution in [0.15, 0.2) is 72.9 Å². The maximum absolute atomic E-state index is 12.8. The van der Waals surface area contributed by atoms with Crippen molar-refractivity contribution in [3.63, 3.8) is 0 Å². The van der Waals surface area contributed by atoms with Crippen LogP contribution in [0.4, 0.5) is 0 Å². The van der Waals surface area contributed by atoms with Crippen molar-refractivity contribution in [2.24, 2.45) is 0 Å². The van der Waals surface area contributed by atoms with Gasteiger partial charge in [-0.05, 0) is 83.5 Å². The van der Waals surface area contributed by atoms with Crippen LogP contribution < -0.4 is 0 Å². The molecule has 0 fully saturated rings. The summed E-state index contributed by atoms with van der Waals surface area (Å²) < 4.78 is 35.2. The third kappa shape index (κ3) is 52.9. The summed E-state index contributed by atoms with van der Waals surface area (Å²) in [4.78, 5) is 23.1. The van der Waals surface area contributed by atoms with Gasteiger partial charge in [0.05, 0.1) is 34.4 Å². The van der Waals surface area contributed by atoms with Crippen molar-refractivity contribution in [2.75, 3.05) is 54.1 Å². The van der Waals surface area contributed by atoms with Crippen LogP contribution in [0.2, 0.25) is 0 Å². The molecule has 1 N–H and O–H groups in total. The molecule has 0 saturated heterocycles. The number of phosphoric ester groups is 1. The zero-order chi connectivity index (χ0) is 48.3. The Kier molecular flexibility index (Phi) is 47.8. The predicted octanol–water partition coefficient (Wildman–Crippen LogP) is 17.0. The number of hydrogen-bond donors (Lipinski definition) is 1. The Balaban J connectivity index is 4.14. The summed E-state index contributed by atoms with van der Waals surface area (Å²) in [6, 6.07) is 0. The number of phosphoric acid groups is 1. The molecule has 0 bridgehead atoms. The normalized spacial score (nSPS) is 14.1. The van der Waals surface area contributed by atoms with E-state index >= 15 is 0 Å². The van der Waals surface area contributed by atoms with Gasteiger partial charge in [0, 0.05) is 13.0 Å². The fraction of sp³-hybridized carbons (Fsp3) is 0.772. The minimum absolute atomic E-state index is 0.0841. The maximum atomic E-state index is 12.8. The SMILES string of the molecule is CC/C=C\C/C=C\C/C=C\C/C=C\C/C=C\CCCCCCCCCCCC(=O)OC(COCCCCCCCCCC/C=C\CCCCCCCCC)COP(=O)(O)OCC[N+](C)(C)C. The number of ether oxygens (including phenoxy) is 2. The highest BCUT2D eigenvalue weighted by molar-refractivity contribution is 7.47. The molecular weight excluding hydrogens is 842 g/mol. The van der Waals surface area contributed by atoms with Crippen molar-refractivity contribution >= 4 is 13.8 Å². The average Bonchev–Trinajstić information content (AvgIpc) is 3.28. The third-order valence-electron chi connectivity index (χ3n) is 11.5. The molecular formula is C57H105NO7P+. The maximum Gasteiger partial charge on any atom is 0.472 e. The number of unbranched alkanes of at least 4 members (excludes halogenated alkanes) is 24. The summed E-state index contributed by atoms with van der Waals surface area (Å²) in [5, 5.41) is 0. The van der Waals surface area contributed by atoms with Crippen LogP contribution >= 0.6 is 7.82 Å². The molecule has 0 aromatic heterocycles. The fourth-order valence-electron chi connectivity index (χ4n) is 7.34. The van der Waals surface area contributed by atoms with Gasteiger partial charge in [-0.2, -0.15) is 0 Å². The van der Waals surface area contributed by atoms with Gasteiger partial charge in [-0.25, -0.2) is 4.57 Å². The second-order valence-electron chi connectivity index (χ2n) is 19.2. The molecule has 0 aromatic rings. The van der Waals surface area contributed by atoms with E-state index in [1.54, 1.807) is 0 Å². The largest absolute Gasteiger partial charge is 0.472 e. The third-order valence-corrected chi connectivity index (χ3v) is 12.5. The Labute approximate surface area is 408 Å². The van der Waals surface area contributed by atoms with Crippen LogP contribution in [0.1, 0.15) is 226 Å². The van der Waals surface area contributed by atoms with Gasteiger partial charge in [0.15, 0.2) is 0 Å². The highest BCUT2D eigenvalue weighted by atomic mass is 31.2. The molecule has 2 unspecified atom stereocenters. The smallest absolute Gasteiger partial charge is 0.457 e. The molecule has 384 valence electrons. The number of hydrogen-bond acceptors (Lipinski definition) is 6. The van der Waals surface area contributed by atoms with E-state index in [0.29, 0.717) is 24.1 Å². The van der Waals surface area contributed by atoms with E-state index in [2.05, 4.69) is 86.8 Å². The fourth-order valence-corrected chi connectivity index (χ4v) is 8.08. The van der Waals surface area contributed by atoms with Gasteiger partial charge in [0.1, 0.15) is 19.3 Å². The number of nitrogens with zero attached hydrogens (tertiary/aromatic N) is 1. The van der Waals surface area contributed by atoms with Crippen molar-refractivity contribution in [3.8, 4) is 0 Å². The average molecular weight is 947 g/mol. The quantitative estimate of drug-likeness (QED) is 0.0214. The van der Waals surface area contributed by atoms with Crippen molar-refractivity contribution in [3.05, 3.63) is 72.9 Å². The van der Waals surface area contributed by atoms with Crippen molar-refractivity contribution in [2.45, 2.75) is 232 Å². The molecule has 0 heterocycles. The van der Waals surface area contributed by atoms with Crippen molar-refractivity contribution in [1.82, 2.24) is 0 Å². The molecule has 0 radical (unpaired) electrons. The summed E-state index contributed by atoms with van der Waals surface area (Å²) in [6.07, 6.45) is 65.2. The molecule has 9 heteroatoms. The van der Waals surface area contributed by atoms with Gasteiger partial charge < -0.3 is 18.9 Å². The number of allylic oxidation sites excluding steroid dienone is 12. The van der Waals surface area contributed by atoms with Crippen molar-refractivity contribution < 1.29 is 37.3 Å². The lowest BCUT2D eigenvalue weighted by molar-refractivity contribution is -0.870. The van der Waals surface area contributed by atoms with E-state index in [1.165, 1.54) is 135 Å². The minimum atomic E-state index is -4.29. The first kappa shape index (κ1) is 63.9. The van der Waals surface area contributed by atoms with Gasteiger partial charge >= 0.3 is 13.8 Å². The topological polar surface area (TPSA) is 91.3 Å². The highest BCUT2D eigenvalue weighted by Gasteiger charge is 2.26. The lowest BCUT2D eigenvalue weighted by Gasteiger charge is -2.24. The van der Waals surface area contributed by atoms with Gasteiger partial charge in [-0.15, -0.1) is 0 Å². The van der Waals surface area contributed by atoms with Crippen LogP contribution in [0, 0.1) is 0 Å². The van der Waals surface area contributed by atoms with Crippen LogP contribution in [0.25, 0.3) is 0 Å². The molecule has 0 spiro atoms. The van der Waals surface area contributed by atoms with E-state index < -0.39 is 13.9 Å². The van der Waals surface area contributed by atoms with Crippen LogP contribution in [0.5, 0.6) is 0 Å². The molecule has 8 nitrogen and oxygen atoms in total. The molecule has 66 heavy (non-hydrogen) atoms. The van der Waals surface area contributed by atoms with E-state index in [0.717, 1.165) is 70.6 Å². The van der Waals surface area contributed by atoms with E-state index in [9.17, 15) is 14.3 Å². The van der Waals surface area contributed by atoms with Gasteiger partial charge in [-0.1, -0.05) is 209 Å². The second kappa shape index (κ2) is 49.4. The minimum Gasteiger partial charge on any atom is -0.457 e. The summed E-state index contributed by atoms with van der Waals surface area (Å²) in [5.74, 6) is -0.321. The zero-order valence-corrected chi connectivity index (χ0v) is 44.6. The first-order chi connectivity index (χ1) is 32.1. The number of rotatable bonds is 50. The summed E-state index contributed by atoms with van der Waals surface area (Å²) >= 11 is 0. The van der Waals surface area contributed by atoms with Crippen LogP contribution in [0.3, 0.4) is 0 Å². The number of likely N-dealkylation sites (N-methyl/N-ethyl adjacent to an activating group) is 1. The predicted molar refractivity (Wildman–Crippen MR) is 284 cm³/mol. The molecule has 0 aliphatic carbocycles. The van der Waals surface area contributed by atoms with E-state index in [4.69, 9.17) is 18.5 Å². The first-order valence-electron chi connectivity index (χ1n) is 27.2. The number of esters is 1. The van der Waals surface area contributed by atoms with Crippen LogP contribution in [-0.4, -0.2) is 75.6 Å². The number of quaternary nitrogens is 1. The van der Waals surface area contributed by atoms with Gasteiger partial charge in [-0.3, -0.25) is 13.8 Å². The second-order valence-corrected chi connectivity index (χ2v) is 20.7. The Bertz CT molecular complexity index is 1280. The molecule has 0 aliphatic rings. The number of carbonyl (C=O) groups is 1. The molecule has 2 atom stereocenters. The summed E-state index contributed by atoms with van der Waals surface area (Å²) in [5.41, 5.74) is 0. The summed E-state index contributed by atoms with van der Waals surface area (Å²) in [7, 11) is 1.66. The molecule has 0 saturated carbocycles. The Morgan fingerprint density at radius 1 is 0.485 bits per heavy atom. The number of carbonyl (C=O) groups excluding carboxylic acids is 1. The monoisotopic (exact) mass is 947 g/mol. The Morgan fingerprint density at radius 3 is 1.33 bits per heavy atom. The molecule has 0 amide bonds. The Morgan fingerprint density at radius 2 is 0.879 bits per heavy atom. The zero-order valence-electron chi connectivity index (χ0n) is 43.7.